The first-order valence-corrected chi connectivity index (χ1v) is 7.87. The molecule has 0 aromatic heterocycles. The monoisotopic (exact) mass is 326 g/mol. The number of halogens is 2. The first-order chi connectivity index (χ1) is 9.17. The SMILES string of the molecule is NNC(CC1CC2CCC1C2)c1ccc(Br)cc1F. The van der Waals surface area contributed by atoms with E-state index >= 15 is 0 Å². The highest BCUT2D eigenvalue weighted by Gasteiger charge is 2.40. The van der Waals surface area contributed by atoms with E-state index < -0.39 is 0 Å². The molecule has 1 aromatic carbocycles. The van der Waals surface area contributed by atoms with E-state index in [9.17, 15) is 4.39 Å². The van der Waals surface area contributed by atoms with Crippen LogP contribution in [-0.4, -0.2) is 0 Å². The van der Waals surface area contributed by atoms with E-state index in [1.807, 2.05) is 12.1 Å². The highest BCUT2D eigenvalue weighted by atomic mass is 79.9. The van der Waals surface area contributed by atoms with Gasteiger partial charge >= 0.3 is 0 Å². The molecule has 104 valence electrons. The maximum Gasteiger partial charge on any atom is 0.129 e. The lowest BCUT2D eigenvalue weighted by atomic mass is 9.83. The lowest BCUT2D eigenvalue weighted by Gasteiger charge is -2.26. The van der Waals surface area contributed by atoms with Crippen LogP contribution in [0.25, 0.3) is 0 Å². The number of fused-ring (bicyclic) bond motifs is 2. The van der Waals surface area contributed by atoms with E-state index in [0.717, 1.165) is 22.7 Å². The van der Waals surface area contributed by atoms with Gasteiger partial charge in [-0.2, -0.15) is 0 Å². The van der Waals surface area contributed by atoms with Gasteiger partial charge in [0.05, 0.1) is 0 Å². The zero-order valence-corrected chi connectivity index (χ0v) is 12.5. The van der Waals surface area contributed by atoms with Crippen molar-refractivity contribution in [1.82, 2.24) is 5.43 Å². The molecule has 2 fully saturated rings. The van der Waals surface area contributed by atoms with Gasteiger partial charge in [-0.1, -0.05) is 28.4 Å². The van der Waals surface area contributed by atoms with E-state index in [4.69, 9.17) is 5.84 Å². The van der Waals surface area contributed by atoms with E-state index in [2.05, 4.69) is 21.4 Å². The highest BCUT2D eigenvalue weighted by molar-refractivity contribution is 9.10. The minimum absolute atomic E-state index is 0.0718. The number of nitrogens with one attached hydrogen (secondary N) is 1. The molecule has 19 heavy (non-hydrogen) atoms. The Morgan fingerprint density at radius 2 is 2.21 bits per heavy atom. The van der Waals surface area contributed by atoms with Gasteiger partial charge in [0.1, 0.15) is 5.82 Å². The zero-order valence-electron chi connectivity index (χ0n) is 10.9. The van der Waals surface area contributed by atoms with E-state index in [-0.39, 0.29) is 11.9 Å². The first-order valence-electron chi connectivity index (χ1n) is 7.08. The lowest BCUT2D eigenvalue weighted by molar-refractivity contribution is 0.277. The Hall–Kier alpha value is -0.450. The van der Waals surface area contributed by atoms with E-state index in [0.29, 0.717) is 11.5 Å². The highest BCUT2D eigenvalue weighted by Crippen LogP contribution is 2.50. The van der Waals surface area contributed by atoms with Crippen LogP contribution in [0.1, 0.15) is 43.7 Å². The minimum Gasteiger partial charge on any atom is -0.271 e. The Balaban J connectivity index is 1.73. The molecule has 3 N–H and O–H groups in total. The Morgan fingerprint density at radius 3 is 2.79 bits per heavy atom. The van der Waals surface area contributed by atoms with E-state index in [1.165, 1.54) is 31.7 Å². The molecule has 0 spiro atoms. The third-order valence-corrected chi connectivity index (χ3v) is 5.46. The predicted octanol–water partition coefficient (Wildman–Crippen LogP) is 3.92. The van der Waals surface area contributed by atoms with Crippen LogP contribution in [0.2, 0.25) is 0 Å². The van der Waals surface area contributed by atoms with Crippen LogP contribution in [0, 0.1) is 23.6 Å². The molecule has 1 aromatic rings. The molecule has 0 amide bonds. The fraction of sp³-hybridized carbons (Fsp3) is 0.600. The van der Waals surface area contributed by atoms with Gasteiger partial charge in [-0.25, -0.2) is 4.39 Å². The Bertz CT molecular complexity index is 465. The summed E-state index contributed by atoms with van der Waals surface area (Å²) in [6.07, 6.45) is 6.39. The summed E-state index contributed by atoms with van der Waals surface area (Å²) in [5.41, 5.74) is 3.50. The average molecular weight is 327 g/mol. The second-order valence-corrected chi connectivity index (χ2v) is 6.97. The number of benzene rings is 1. The van der Waals surface area contributed by atoms with Crippen molar-refractivity contribution in [3.8, 4) is 0 Å². The van der Waals surface area contributed by atoms with Gasteiger partial charge in [0.15, 0.2) is 0 Å². The minimum atomic E-state index is -0.180. The summed E-state index contributed by atoms with van der Waals surface area (Å²) < 4.78 is 14.8. The van der Waals surface area contributed by atoms with Crippen molar-refractivity contribution in [3.05, 3.63) is 34.1 Å². The molecule has 2 aliphatic carbocycles. The molecule has 0 saturated heterocycles. The van der Waals surface area contributed by atoms with E-state index in [1.54, 1.807) is 0 Å². The van der Waals surface area contributed by atoms with Gasteiger partial charge in [-0.15, -0.1) is 0 Å². The van der Waals surface area contributed by atoms with Crippen molar-refractivity contribution in [3.63, 3.8) is 0 Å². The van der Waals surface area contributed by atoms with Gasteiger partial charge < -0.3 is 0 Å². The Kier molecular flexibility index (Phi) is 3.92. The molecule has 2 aliphatic rings. The van der Waals surface area contributed by atoms with Crippen molar-refractivity contribution in [1.29, 1.82) is 0 Å². The molecule has 2 saturated carbocycles. The Morgan fingerprint density at radius 1 is 1.37 bits per heavy atom. The standard InChI is InChI=1S/C15H20BrFN2/c16-12-3-4-13(14(17)8-12)15(19-18)7-11-6-9-1-2-10(11)5-9/h3-4,8-11,15,19H,1-2,5-7,18H2. The third-order valence-electron chi connectivity index (χ3n) is 4.96. The van der Waals surface area contributed by atoms with Gasteiger partial charge in [0.25, 0.3) is 0 Å². The Labute approximate surface area is 122 Å². The number of hydrazine groups is 1. The predicted molar refractivity (Wildman–Crippen MR) is 77.7 cm³/mol. The molecular formula is C15H20BrFN2. The summed E-state index contributed by atoms with van der Waals surface area (Å²) in [4.78, 5) is 0. The van der Waals surface area contributed by atoms with Crippen molar-refractivity contribution in [2.45, 2.75) is 38.1 Å². The van der Waals surface area contributed by atoms with Crippen LogP contribution in [0.4, 0.5) is 4.39 Å². The molecule has 0 radical (unpaired) electrons. The molecule has 4 atom stereocenters. The summed E-state index contributed by atoms with van der Waals surface area (Å²) >= 11 is 3.29. The number of hydrogen-bond donors (Lipinski definition) is 2. The second kappa shape index (κ2) is 5.51. The molecular weight excluding hydrogens is 307 g/mol. The molecule has 4 unspecified atom stereocenters. The van der Waals surface area contributed by atoms with Crippen LogP contribution < -0.4 is 11.3 Å². The largest absolute Gasteiger partial charge is 0.271 e. The van der Waals surface area contributed by atoms with Crippen molar-refractivity contribution in [2.24, 2.45) is 23.6 Å². The summed E-state index contributed by atoms with van der Waals surface area (Å²) in [6.45, 7) is 0. The fourth-order valence-electron chi connectivity index (χ4n) is 4.04. The average Bonchev–Trinajstić information content (AvgIpc) is 2.99. The molecule has 3 rings (SSSR count). The van der Waals surface area contributed by atoms with Gasteiger partial charge in [0.2, 0.25) is 0 Å². The van der Waals surface area contributed by atoms with Crippen LogP contribution in [0.5, 0.6) is 0 Å². The van der Waals surface area contributed by atoms with Crippen LogP contribution in [-0.2, 0) is 0 Å². The number of nitrogens with two attached hydrogens (primary N) is 1. The summed E-state index contributed by atoms with van der Waals surface area (Å²) in [7, 11) is 0. The molecule has 0 aliphatic heterocycles. The van der Waals surface area contributed by atoms with Crippen LogP contribution in [0.3, 0.4) is 0 Å². The number of hydrogen-bond acceptors (Lipinski definition) is 2. The lowest BCUT2D eigenvalue weighted by Crippen LogP contribution is -2.31. The molecule has 2 nitrogen and oxygen atoms in total. The zero-order chi connectivity index (χ0) is 13.4. The van der Waals surface area contributed by atoms with Crippen molar-refractivity contribution < 1.29 is 4.39 Å². The molecule has 2 bridgehead atoms. The maximum atomic E-state index is 14.0. The normalized spacial score (nSPS) is 30.8. The maximum absolute atomic E-state index is 14.0. The summed E-state index contributed by atoms with van der Waals surface area (Å²) in [5.74, 6) is 7.96. The van der Waals surface area contributed by atoms with Crippen LogP contribution >= 0.6 is 15.9 Å². The molecule has 4 heteroatoms. The van der Waals surface area contributed by atoms with Gasteiger partial charge in [0, 0.05) is 16.1 Å². The van der Waals surface area contributed by atoms with Crippen molar-refractivity contribution >= 4 is 15.9 Å². The smallest absolute Gasteiger partial charge is 0.129 e. The summed E-state index contributed by atoms with van der Waals surface area (Å²) in [5, 5.41) is 0. The van der Waals surface area contributed by atoms with Gasteiger partial charge in [-0.05, 0) is 55.6 Å². The number of rotatable bonds is 4. The summed E-state index contributed by atoms with van der Waals surface area (Å²) in [6, 6.07) is 5.15. The first kappa shape index (κ1) is 13.5. The van der Waals surface area contributed by atoms with Gasteiger partial charge in [-0.3, -0.25) is 11.3 Å². The van der Waals surface area contributed by atoms with Crippen molar-refractivity contribution in [2.75, 3.05) is 0 Å². The third kappa shape index (κ3) is 2.71. The van der Waals surface area contributed by atoms with Crippen LogP contribution in [0.15, 0.2) is 22.7 Å². The fourth-order valence-corrected chi connectivity index (χ4v) is 4.37. The molecule has 0 heterocycles. The quantitative estimate of drug-likeness (QED) is 0.650. The second-order valence-electron chi connectivity index (χ2n) is 6.06. The topological polar surface area (TPSA) is 38.0 Å².